The first-order valence-electron chi connectivity index (χ1n) is 11.0. The zero-order valence-electron chi connectivity index (χ0n) is 20.5. The van der Waals surface area contributed by atoms with Gasteiger partial charge in [0.05, 0.1) is 23.3 Å². The van der Waals surface area contributed by atoms with E-state index in [0.29, 0.717) is 23.4 Å². The van der Waals surface area contributed by atoms with Gasteiger partial charge in [0.1, 0.15) is 23.9 Å². The molecule has 1 amide bonds. The molecule has 1 N–H and O–H groups in total. The molecule has 0 saturated carbocycles. The molecule has 0 bridgehead atoms. The number of nitriles is 1. The topological polar surface area (TPSA) is 149 Å². The normalized spacial score (nSPS) is 11.3. The number of carbonyl (C=O) groups is 1. The maximum absolute atomic E-state index is 13.0. The molecule has 0 unspecified atom stereocenters. The molecule has 39 heavy (non-hydrogen) atoms. The molecule has 0 atom stereocenters. The maximum Gasteiger partial charge on any atom is 0.416 e. The predicted molar refractivity (Wildman–Crippen MR) is 131 cm³/mol. The molecule has 0 radical (unpaired) electrons. The molecule has 1 aromatic heterocycles. The average molecular weight is 543 g/mol. The summed E-state index contributed by atoms with van der Waals surface area (Å²) in [5.74, 6) is -1.12. The fourth-order valence-electron chi connectivity index (χ4n) is 3.49. The van der Waals surface area contributed by atoms with Gasteiger partial charge in [0.15, 0.2) is 0 Å². The molecule has 202 valence electrons. The van der Waals surface area contributed by atoms with Gasteiger partial charge in [-0.2, -0.15) is 23.5 Å². The SMILES string of the molecule is COCc1cc(C)n(CC(=O)NN=Cc2ccccc2Oc2ccc(C(F)(F)F)cc2[N+](=O)[O-])c(=O)c1C#N. The number of nitrogens with one attached hydrogen (secondary N) is 1. The first-order chi connectivity index (χ1) is 18.5. The van der Waals surface area contributed by atoms with Gasteiger partial charge in [-0.15, -0.1) is 0 Å². The summed E-state index contributed by atoms with van der Waals surface area (Å²) in [6.45, 7) is 1.19. The summed E-state index contributed by atoms with van der Waals surface area (Å²) in [6, 6.07) is 11.2. The van der Waals surface area contributed by atoms with Crippen LogP contribution in [0.2, 0.25) is 0 Å². The number of hydrogen-bond acceptors (Lipinski definition) is 8. The first kappa shape index (κ1) is 28.5. The molecule has 2 aromatic carbocycles. The van der Waals surface area contributed by atoms with Crippen molar-refractivity contribution in [2.75, 3.05) is 7.11 Å². The highest BCUT2D eigenvalue weighted by Crippen LogP contribution is 2.38. The summed E-state index contributed by atoms with van der Waals surface area (Å²) >= 11 is 0. The minimum absolute atomic E-state index is 0.0119. The molecule has 0 aliphatic heterocycles. The van der Waals surface area contributed by atoms with Crippen molar-refractivity contribution >= 4 is 17.8 Å². The number of alkyl halides is 3. The lowest BCUT2D eigenvalue weighted by Gasteiger charge is -2.12. The number of benzene rings is 2. The van der Waals surface area contributed by atoms with Gasteiger partial charge >= 0.3 is 11.9 Å². The van der Waals surface area contributed by atoms with Crippen LogP contribution in [0.25, 0.3) is 0 Å². The second kappa shape index (κ2) is 12.0. The van der Waals surface area contributed by atoms with Crippen molar-refractivity contribution in [3.8, 4) is 17.6 Å². The molecule has 0 fully saturated rings. The summed E-state index contributed by atoms with van der Waals surface area (Å²) in [5.41, 5.74) is 0.361. The Hall–Kier alpha value is -5.03. The number of amides is 1. The highest BCUT2D eigenvalue weighted by molar-refractivity contribution is 5.85. The number of aromatic nitrogens is 1. The number of halogens is 3. The van der Waals surface area contributed by atoms with E-state index in [1.54, 1.807) is 19.1 Å². The molecule has 0 saturated heterocycles. The number of aryl methyl sites for hydroxylation is 1. The van der Waals surface area contributed by atoms with Gasteiger partial charge in [-0.25, -0.2) is 5.43 Å². The van der Waals surface area contributed by atoms with Crippen LogP contribution in [0.15, 0.2) is 58.4 Å². The van der Waals surface area contributed by atoms with E-state index in [1.165, 1.54) is 25.3 Å². The lowest BCUT2D eigenvalue weighted by molar-refractivity contribution is -0.385. The van der Waals surface area contributed by atoms with Crippen molar-refractivity contribution in [1.82, 2.24) is 9.99 Å². The van der Waals surface area contributed by atoms with Crippen molar-refractivity contribution in [1.29, 1.82) is 5.26 Å². The van der Waals surface area contributed by atoms with Gasteiger partial charge in [-0.1, -0.05) is 12.1 Å². The first-order valence-corrected chi connectivity index (χ1v) is 11.0. The van der Waals surface area contributed by atoms with Crippen molar-refractivity contribution in [3.05, 3.63) is 96.9 Å². The van der Waals surface area contributed by atoms with Gasteiger partial charge < -0.3 is 14.0 Å². The number of ether oxygens (including phenoxy) is 2. The quantitative estimate of drug-likeness (QED) is 0.243. The monoisotopic (exact) mass is 543 g/mol. The van der Waals surface area contributed by atoms with Crippen LogP contribution in [0.1, 0.15) is 27.9 Å². The summed E-state index contributed by atoms with van der Waals surface area (Å²) < 4.78 is 50.5. The number of carbonyl (C=O) groups excluding carboxylic acids is 1. The Morgan fingerprint density at radius 2 is 1.95 bits per heavy atom. The number of methoxy groups -OCH3 is 1. The van der Waals surface area contributed by atoms with Gasteiger partial charge in [0.25, 0.3) is 11.5 Å². The second-order valence-electron chi connectivity index (χ2n) is 7.99. The largest absolute Gasteiger partial charge is 0.449 e. The summed E-state index contributed by atoms with van der Waals surface area (Å²) in [7, 11) is 1.42. The van der Waals surface area contributed by atoms with Crippen LogP contribution >= 0.6 is 0 Å². The van der Waals surface area contributed by atoms with Gasteiger partial charge in [0.2, 0.25) is 5.75 Å². The number of rotatable bonds is 9. The van der Waals surface area contributed by atoms with Gasteiger partial charge in [-0.3, -0.25) is 19.7 Å². The van der Waals surface area contributed by atoms with E-state index in [4.69, 9.17) is 9.47 Å². The van der Waals surface area contributed by atoms with Gasteiger partial charge in [-0.05, 0) is 37.3 Å². The number of nitro benzene ring substituents is 1. The summed E-state index contributed by atoms with van der Waals surface area (Å²) in [5, 5.41) is 24.5. The predicted octanol–water partition coefficient (Wildman–Crippen LogP) is 4.04. The highest BCUT2D eigenvalue weighted by atomic mass is 19.4. The molecule has 11 nitrogen and oxygen atoms in total. The van der Waals surface area contributed by atoms with Crippen LogP contribution in [0.5, 0.6) is 11.5 Å². The number of pyridine rings is 1. The molecule has 1 heterocycles. The average Bonchev–Trinajstić information content (AvgIpc) is 2.87. The Kier molecular flexibility index (Phi) is 8.79. The van der Waals surface area contributed by atoms with E-state index in [-0.39, 0.29) is 23.5 Å². The van der Waals surface area contributed by atoms with Crippen LogP contribution < -0.4 is 15.7 Å². The zero-order valence-corrected chi connectivity index (χ0v) is 20.5. The van der Waals surface area contributed by atoms with Crippen molar-refractivity contribution in [3.63, 3.8) is 0 Å². The van der Waals surface area contributed by atoms with Crippen LogP contribution in [0.4, 0.5) is 18.9 Å². The van der Waals surface area contributed by atoms with E-state index in [1.807, 2.05) is 6.07 Å². The molecule has 3 rings (SSSR count). The molecule has 3 aromatic rings. The number of hydrogen-bond donors (Lipinski definition) is 1. The van der Waals surface area contributed by atoms with E-state index in [9.17, 15) is 38.1 Å². The lowest BCUT2D eigenvalue weighted by Crippen LogP contribution is -2.33. The third-order valence-electron chi connectivity index (χ3n) is 5.32. The third kappa shape index (κ3) is 6.84. The highest BCUT2D eigenvalue weighted by Gasteiger charge is 2.33. The fourth-order valence-corrected chi connectivity index (χ4v) is 3.49. The van der Waals surface area contributed by atoms with Crippen molar-refractivity contribution < 1.29 is 32.4 Å². The van der Waals surface area contributed by atoms with Gasteiger partial charge in [0, 0.05) is 30.0 Å². The van der Waals surface area contributed by atoms with E-state index in [2.05, 4.69) is 10.5 Å². The van der Waals surface area contributed by atoms with Crippen LogP contribution in [0, 0.1) is 28.4 Å². The lowest BCUT2D eigenvalue weighted by atomic mass is 10.1. The van der Waals surface area contributed by atoms with E-state index < -0.39 is 46.1 Å². The second-order valence-corrected chi connectivity index (χ2v) is 7.99. The van der Waals surface area contributed by atoms with E-state index in [0.717, 1.165) is 16.8 Å². The number of hydrazone groups is 1. The molecule has 14 heteroatoms. The molecule has 0 aliphatic carbocycles. The summed E-state index contributed by atoms with van der Waals surface area (Å²) in [6.07, 6.45) is -3.63. The van der Waals surface area contributed by atoms with Crippen LogP contribution in [0.3, 0.4) is 0 Å². The molecular weight excluding hydrogens is 523 g/mol. The minimum Gasteiger partial charge on any atom is -0.449 e. The smallest absolute Gasteiger partial charge is 0.416 e. The Balaban J connectivity index is 1.79. The molecular formula is C25H20F3N5O6. The fraction of sp³-hybridized carbons (Fsp3) is 0.200. The summed E-state index contributed by atoms with van der Waals surface area (Å²) in [4.78, 5) is 35.4. The van der Waals surface area contributed by atoms with Crippen LogP contribution in [-0.4, -0.2) is 28.7 Å². The standard InChI is InChI=1S/C25H20F3N5O6/c1-15-9-17(14-38-2)19(11-29)24(35)32(15)13-23(34)31-30-12-16-5-3-4-6-21(16)39-22-8-7-18(25(26,27)28)10-20(22)33(36)37/h3-10,12H,13-14H2,1-2H3,(H,31,34). The number of nitrogens with zero attached hydrogens (tertiary/aromatic N) is 4. The van der Waals surface area contributed by atoms with E-state index >= 15 is 0 Å². The maximum atomic E-state index is 13.0. The minimum atomic E-state index is -4.78. The van der Waals surface area contributed by atoms with Crippen LogP contribution in [-0.2, 0) is 28.9 Å². The number of nitro groups is 1. The Labute approximate surface area is 218 Å². The van der Waals surface area contributed by atoms with Crippen molar-refractivity contribution in [2.45, 2.75) is 26.3 Å². The number of para-hydroxylation sites is 1. The molecule has 0 aliphatic rings. The zero-order chi connectivity index (χ0) is 28.7. The Morgan fingerprint density at radius 3 is 2.59 bits per heavy atom. The Morgan fingerprint density at radius 1 is 1.23 bits per heavy atom. The Bertz CT molecular complexity index is 1540. The third-order valence-corrected chi connectivity index (χ3v) is 5.32. The molecule has 0 spiro atoms. The van der Waals surface area contributed by atoms with Crippen molar-refractivity contribution in [2.24, 2.45) is 5.10 Å².